The molecule has 1 fully saturated rings. The van der Waals surface area contributed by atoms with Crippen molar-refractivity contribution in [2.24, 2.45) is 11.7 Å². The Morgan fingerprint density at radius 3 is 2.74 bits per heavy atom. The number of thiophene rings is 1. The summed E-state index contributed by atoms with van der Waals surface area (Å²) in [6.45, 7) is 1.18. The van der Waals surface area contributed by atoms with Gasteiger partial charge in [-0.05, 0) is 38.1 Å². The van der Waals surface area contributed by atoms with Crippen molar-refractivity contribution in [3.05, 3.63) is 41.0 Å². The molecule has 142 valence electrons. The SMILES string of the molecule is NC(=O)c1sc(-n2cnc3ccc(C(F)(F)C4CCNCC4)cc32)cc1O. The summed E-state index contributed by atoms with van der Waals surface area (Å²) in [4.78, 5) is 15.6. The van der Waals surface area contributed by atoms with Crippen LogP contribution < -0.4 is 11.1 Å². The molecule has 4 rings (SSSR count). The maximum Gasteiger partial charge on any atom is 0.276 e. The molecule has 0 bridgehead atoms. The number of amides is 1. The number of nitrogens with one attached hydrogen (secondary N) is 1. The summed E-state index contributed by atoms with van der Waals surface area (Å²) in [6.07, 6.45) is 2.32. The summed E-state index contributed by atoms with van der Waals surface area (Å²) in [6, 6.07) is 5.80. The maximum absolute atomic E-state index is 15.0. The Bertz CT molecular complexity index is 1010. The van der Waals surface area contributed by atoms with Crippen molar-refractivity contribution in [3.63, 3.8) is 0 Å². The Morgan fingerprint density at radius 2 is 2.07 bits per heavy atom. The van der Waals surface area contributed by atoms with Crippen molar-refractivity contribution in [3.8, 4) is 10.8 Å². The van der Waals surface area contributed by atoms with Crippen molar-refractivity contribution in [2.75, 3.05) is 13.1 Å². The average molecular weight is 392 g/mol. The van der Waals surface area contributed by atoms with Crippen LogP contribution in [0.2, 0.25) is 0 Å². The molecule has 3 heterocycles. The van der Waals surface area contributed by atoms with Gasteiger partial charge >= 0.3 is 0 Å². The zero-order valence-electron chi connectivity index (χ0n) is 14.3. The Morgan fingerprint density at radius 1 is 1.33 bits per heavy atom. The molecule has 1 aromatic carbocycles. The smallest absolute Gasteiger partial charge is 0.276 e. The van der Waals surface area contributed by atoms with Crippen molar-refractivity contribution in [1.29, 1.82) is 0 Å². The average Bonchev–Trinajstić information content (AvgIpc) is 3.25. The van der Waals surface area contributed by atoms with E-state index >= 15 is 8.78 Å². The second kappa shape index (κ2) is 6.58. The molecule has 9 heteroatoms. The summed E-state index contributed by atoms with van der Waals surface area (Å²) in [5.74, 6) is -4.63. The van der Waals surface area contributed by atoms with E-state index in [-0.39, 0.29) is 16.2 Å². The van der Waals surface area contributed by atoms with E-state index < -0.39 is 17.7 Å². The predicted octanol–water partition coefficient (Wildman–Crippen LogP) is 2.98. The van der Waals surface area contributed by atoms with E-state index in [1.807, 2.05) is 0 Å². The van der Waals surface area contributed by atoms with E-state index in [0.717, 1.165) is 11.3 Å². The van der Waals surface area contributed by atoms with Crippen molar-refractivity contribution in [1.82, 2.24) is 14.9 Å². The number of fused-ring (bicyclic) bond motifs is 1. The van der Waals surface area contributed by atoms with Crippen LogP contribution in [0.3, 0.4) is 0 Å². The topological polar surface area (TPSA) is 93.2 Å². The molecular weight excluding hydrogens is 374 g/mol. The van der Waals surface area contributed by atoms with Crippen LogP contribution in [-0.2, 0) is 5.92 Å². The van der Waals surface area contributed by atoms with Gasteiger partial charge in [-0.2, -0.15) is 0 Å². The van der Waals surface area contributed by atoms with Gasteiger partial charge < -0.3 is 16.2 Å². The number of halogens is 2. The number of alkyl halides is 2. The zero-order chi connectivity index (χ0) is 19.2. The van der Waals surface area contributed by atoms with Crippen LogP contribution >= 0.6 is 11.3 Å². The normalized spacial score (nSPS) is 16.1. The minimum Gasteiger partial charge on any atom is -0.506 e. The summed E-state index contributed by atoms with van der Waals surface area (Å²) >= 11 is 0.984. The first kappa shape index (κ1) is 17.9. The van der Waals surface area contributed by atoms with Crippen LogP contribution in [0.5, 0.6) is 5.75 Å². The summed E-state index contributed by atoms with van der Waals surface area (Å²) < 4.78 is 31.6. The van der Waals surface area contributed by atoms with Gasteiger partial charge in [0.05, 0.1) is 11.0 Å². The number of hydrogen-bond acceptors (Lipinski definition) is 5. The van der Waals surface area contributed by atoms with Crippen LogP contribution in [0.1, 0.15) is 28.1 Å². The molecule has 1 aliphatic rings. The largest absolute Gasteiger partial charge is 0.506 e. The molecule has 0 aliphatic carbocycles. The Hall–Kier alpha value is -2.52. The standard InChI is InChI=1S/C18H18F2N4O2S/c19-18(20,10-3-5-22-6-4-10)11-1-2-12-13(7-11)24(9-23-12)15-8-14(25)16(27-15)17(21)26/h1-2,7-10,22,25H,3-6H2,(H2,21,26). The van der Waals surface area contributed by atoms with Gasteiger partial charge in [-0.3, -0.25) is 9.36 Å². The molecule has 0 spiro atoms. The lowest BCUT2D eigenvalue weighted by Gasteiger charge is -2.30. The minimum atomic E-state index is -2.94. The number of aromatic hydroxyl groups is 1. The van der Waals surface area contributed by atoms with Gasteiger partial charge in [-0.25, -0.2) is 13.8 Å². The zero-order valence-corrected chi connectivity index (χ0v) is 15.1. The molecule has 0 atom stereocenters. The number of hydrogen-bond donors (Lipinski definition) is 3. The number of benzene rings is 1. The third-order valence-electron chi connectivity index (χ3n) is 4.94. The van der Waals surface area contributed by atoms with E-state index in [9.17, 15) is 9.90 Å². The molecule has 0 unspecified atom stereocenters. The van der Waals surface area contributed by atoms with Crippen LogP contribution in [0, 0.1) is 5.92 Å². The number of carbonyl (C=O) groups excluding carboxylic acids is 1. The molecule has 27 heavy (non-hydrogen) atoms. The van der Waals surface area contributed by atoms with E-state index in [1.165, 1.54) is 24.5 Å². The van der Waals surface area contributed by atoms with Crippen LogP contribution in [0.4, 0.5) is 8.78 Å². The first-order valence-corrected chi connectivity index (χ1v) is 9.38. The van der Waals surface area contributed by atoms with Crippen molar-refractivity contribution >= 4 is 28.3 Å². The summed E-state index contributed by atoms with van der Waals surface area (Å²) in [5, 5.41) is 13.5. The number of primary amides is 1. The van der Waals surface area contributed by atoms with Gasteiger partial charge in [-0.1, -0.05) is 6.07 Å². The predicted molar refractivity (Wildman–Crippen MR) is 98.6 cm³/mol. The highest BCUT2D eigenvalue weighted by Crippen LogP contribution is 2.41. The monoisotopic (exact) mass is 392 g/mol. The van der Waals surface area contributed by atoms with Crippen LogP contribution in [0.15, 0.2) is 30.6 Å². The fraction of sp³-hybridized carbons (Fsp3) is 0.333. The molecule has 2 aromatic heterocycles. The van der Waals surface area contributed by atoms with Gasteiger partial charge in [0.2, 0.25) is 0 Å². The lowest BCUT2D eigenvalue weighted by atomic mass is 9.87. The molecule has 4 N–H and O–H groups in total. The number of nitrogens with two attached hydrogens (primary N) is 1. The Kier molecular flexibility index (Phi) is 4.35. The summed E-state index contributed by atoms with van der Waals surface area (Å²) in [5.41, 5.74) is 6.22. The van der Waals surface area contributed by atoms with E-state index in [0.29, 0.717) is 42.0 Å². The third kappa shape index (κ3) is 3.06. The highest BCUT2D eigenvalue weighted by Gasteiger charge is 2.41. The van der Waals surface area contributed by atoms with Crippen LogP contribution in [-0.4, -0.2) is 33.7 Å². The molecule has 0 radical (unpaired) electrons. The van der Waals surface area contributed by atoms with Crippen molar-refractivity contribution in [2.45, 2.75) is 18.8 Å². The fourth-order valence-corrected chi connectivity index (χ4v) is 4.36. The molecule has 0 saturated carbocycles. The quantitative estimate of drug-likeness (QED) is 0.636. The molecule has 1 amide bonds. The molecule has 1 aliphatic heterocycles. The van der Waals surface area contributed by atoms with E-state index in [2.05, 4.69) is 10.3 Å². The Labute approximate surface area is 157 Å². The molecule has 3 aromatic rings. The lowest BCUT2D eigenvalue weighted by molar-refractivity contribution is -0.0752. The van der Waals surface area contributed by atoms with Gasteiger partial charge in [0.25, 0.3) is 11.8 Å². The van der Waals surface area contributed by atoms with Gasteiger partial charge in [0, 0.05) is 17.5 Å². The number of imidazole rings is 1. The van der Waals surface area contributed by atoms with Crippen molar-refractivity contribution < 1.29 is 18.7 Å². The Balaban J connectivity index is 1.77. The number of nitrogens with zero attached hydrogens (tertiary/aromatic N) is 2. The number of aromatic nitrogens is 2. The van der Waals surface area contributed by atoms with E-state index in [4.69, 9.17) is 5.73 Å². The second-order valence-corrected chi connectivity index (χ2v) is 7.66. The first-order chi connectivity index (χ1) is 12.9. The molecule has 1 saturated heterocycles. The highest BCUT2D eigenvalue weighted by atomic mass is 32.1. The lowest BCUT2D eigenvalue weighted by Crippen LogP contribution is -2.36. The number of carbonyl (C=O) groups is 1. The minimum absolute atomic E-state index is 0.0167. The number of rotatable bonds is 4. The highest BCUT2D eigenvalue weighted by molar-refractivity contribution is 7.16. The van der Waals surface area contributed by atoms with Gasteiger partial charge in [0.1, 0.15) is 22.0 Å². The molecule has 6 nitrogen and oxygen atoms in total. The first-order valence-electron chi connectivity index (χ1n) is 8.57. The summed E-state index contributed by atoms with van der Waals surface area (Å²) in [7, 11) is 0. The van der Waals surface area contributed by atoms with Gasteiger partial charge in [0.15, 0.2) is 0 Å². The second-order valence-electron chi connectivity index (χ2n) is 6.63. The van der Waals surface area contributed by atoms with E-state index in [1.54, 1.807) is 10.6 Å². The van der Waals surface area contributed by atoms with Crippen LogP contribution in [0.25, 0.3) is 16.0 Å². The fourth-order valence-electron chi connectivity index (χ4n) is 3.47. The van der Waals surface area contributed by atoms with Gasteiger partial charge in [-0.15, -0.1) is 11.3 Å². The number of piperidine rings is 1. The third-order valence-corrected chi connectivity index (χ3v) is 6.08. The molecular formula is C18H18F2N4O2S. The maximum atomic E-state index is 15.0.